The van der Waals surface area contributed by atoms with Gasteiger partial charge in [0.25, 0.3) is 5.92 Å². The van der Waals surface area contributed by atoms with Crippen molar-refractivity contribution in [3.8, 4) is 11.1 Å². The molecule has 0 aromatic heterocycles. The number of aliphatic imine (C=N–C) groups is 2. The molecule has 0 saturated heterocycles. The summed E-state index contributed by atoms with van der Waals surface area (Å²) in [5.74, 6) is -4.16. The SMILES string of the molecule is Fc1cc(-c2cccc(C3=NCC=N3)c2)cc(F)c1CCCC(F)(F)C1CCCCC1. The summed E-state index contributed by atoms with van der Waals surface area (Å²) in [5.41, 5.74) is 1.70. The molecule has 0 N–H and O–H groups in total. The van der Waals surface area contributed by atoms with Crippen LogP contribution in [0.15, 0.2) is 46.4 Å². The van der Waals surface area contributed by atoms with Gasteiger partial charge in [0.2, 0.25) is 0 Å². The van der Waals surface area contributed by atoms with Crippen LogP contribution in [0.4, 0.5) is 17.6 Å². The van der Waals surface area contributed by atoms with E-state index in [2.05, 4.69) is 9.98 Å². The van der Waals surface area contributed by atoms with Crippen LogP contribution in [0, 0.1) is 17.6 Å². The first kappa shape index (κ1) is 21.7. The van der Waals surface area contributed by atoms with E-state index in [1.807, 2.05) is 6.07 Å². The first-order valence-corrected chi connectivity index (χ1v) is 11.0. The molecule has 0 amide bonds. The Morgan fingerprint density at radius 2 is 1.61 bits per heavy atom. The fourth-order valence-electron chi connectivity index (χ4n) is 4.54. The van der Waals surface area contributed by atoms with Gasteiger partial charge in [-0.1, -0.05) is 37.5 Å². The molecule has 0 unspecified atom stereocenters. The third kappa shape index (κ3) is 5.05. The predicted octanol–water partition coefficient (Wildman–Crippen LogP) is 7.00. The molecular formula is C25H26F4N2. The van der Waals surface area contributed by atoms with Gasteiger partial charge >= 0.3 is 0 Å². The van der Waals surface area contributed by atoms with Crippen molar-refractivity contribution in [3.05, 3.63) is 59.2 Å². The van der Waals surface area contributed by atoms with Gasteiger partial charge in [0.05, 0.1) is 6.54 Å². The minimum Gasteiger partial charge on any atom is -0.260 e. The molecule has 2 aromatic rings. The van der Waals surface area contributed by atoms with Crippen molar-refractivity contribution < 1.29 is 17.6 Å². The Morgan fingerprint density at radius 3 is 2.29 bits per heavy atom. The van der Waals surface area contributed by atoms with Crippen LogP contribution in [0.2, 0.25) is 0 Å². The number of nitrogens with zero attached hydrogens (tertiary/aromatic N) is 2. The second-order valence-corrected chi connectivity index (χ2v) is 8.42. The van der Waals surface area contributed by atoms with Crippen molar-refractivity contribution in [1.29, 1.82) is 0 Å². The maximum Gasteiger partial charge on any atom is 0.250 e. The van der Waals surface area contributed by atoms with Crippen molar-refractivity contribution in [2.75, 3.05) is 6.54 Å². The molecule has 1 heterocycles. The molecule has 0 spiro atoms. The monoisotopic (exact) mass is 430 g/mol. The quantitative estimate of drug-likeness (QED) is 0.423. The first-order chi connectivity index (χ1) is 14.9. The van der Waals surface area contributed by atoms with E-state index in [0.717, 1.165) is 24.8 Å². The Labute approximate surface area is 180 Å². The highest BCUT2D eigenvalue weighted by Crippen LogP contribution is 2.39. The molecule has 1 aliphatic heterocycles. The Morgan fingerprint density at radius 1 is 0.903 bits per heavy atom. The number of benzene rings is 2. The number of hydrogen-bond acceptors (Lipinski definition) is 2. The molecule has 2 aromatic carbocycles. The number of amidine groups is 1. The minimum absolute atomic E-state index is 0.0359. The summed E-state index contributed by atoms with van der Waals surface area (Å²) in [7, 11) is 0. The number of rotatable bonds is 7. The lowest BCUT2D eigenvalue weighted by Gasteiger charge is -2.30. The van der Waals surface area contributed by atoms with Gasteiger partial charge in [-0.25, -0.2) is 22.6 Å². The van der Waals surface area contributed by atoms with Crippen molar-refractivity contribution >= 4 is 12.1 Å². The van der Waals surface area contributed by atoms with E-state index in [9.17, 15) is 17.6 Å². The van der Waals surface area contributed by atoms with E-state index >= 15 is 0 Å². The van der Waals surface area contributed by atoms with Crippen LogP contribution in [-0.4, -0.2) is 24.5 Å². The average molecular weight is 430 g/mol. The molecule has 2 aliphatic rings. The number of halogens is 4. The number of alkyl halides is 2. The molecule has 31 heavy (non-hydrogen) atoms. The van der Waals surface area contributed by atoms with Crippen molar-refractivity contribution in [3.63, 3.8) is 0 Å². The van der Waals surface area contributed by atoms with Gasteiger partial charge in [-0.15, -0.1) is 0 Å². The van der Waals surface area contributed by atoms with Gasteiger partial charge in [-0.05, 0) is 55.0 Å². The lowest BCUT2D eigenvalue weighted by Crippen LogP contribution is -2.30. The van der Waals surface area contributed by atoms with Crippen LogP contribution in [0.1, 0.15) is 56.1 Å². The van der Waals surface area contributed by atoms with E-state index in [-0.39, 0.29) is 24.8 Å². The lowest BCUT2D eigenvalue weighted by atomic mass is 9.82. The standard InChI is InChI=1S/C25H26F4N2/c26-22-15-19(17-6-4-7-18(14-17)24-30-12-13-31-24)16-23(27)21(22)10-5-11-25(28,29)20-8-2-1-3-9-20/h4,6-7,12,14-16,20H,1-3,5,8-11,13H2. The molecule has 164 valence electrons. The summed E-state index contributed by atoms with van der Waals surface area (Å²) in [6.07, 6.45) is 5.17. The number of hydrogen-bond donors (Lipinski definition) is 0. The third-order valence-corrected chi connectivity index (χ3v) is 6.27. The fraction of sp³-hybridized carbons (Fsp3) is 0.440. The minimum atomic E-state index is -2.76. The van der Waals surface area contributed by atoms with Crippen LogP contribution >= 0.6 is 0 Å². The largest absolute Gasteiger partial charge is 0.260 e. The molecular weight excluding hydrogens is 404 g/mol. The average Bonchev–Trinajstić information content (AvgIpc) is 3.31. The second kappa shape index (κ2) is 9.33. The highest BCUT2D eigenvalue weighted by Gasteiger charge is 2.39. The Hall–Kier alpha value is -2.50. The van der Waals surface area contributed by atoms with E-state index in [0.29, 0.717) is 36.3 Å². The van der Waals surface area contributed by atoms with Gasteiger partial charge in [0.15, 0.2) is 5.84 Å². The molecule has 0 atom stereocenters. The van der Waals surface area contributed by atoms with Gasteiger partial charge in [0, 0.05) is 29.7 Å². The van der Waals surface area contributed by atoms with Crippen LogP contribution in [0.25, 0.3) is 11.1 Å². The molecule has 0 radical (unpaired) electrons. The summed E-state index contributed by atoms with van der Waals surface area (Å²) in [6, 6.07) is 9.74. The first-order valence-electron chi connectivity index (χ1n) is 11.0. The molecule has 1 fully saturated rings. The summed E-state index contributed by atoms with van der Waals surface area (Å²) < 4.78 is 58.3. The van der Waals surface area contributed by atoms with E-state index in [1.54, 1.807) is 24.4 Å². The normalized spacial score (nSPS) is 17.2. The van der Waals surface area contributed by atoms with E-state index < -0.39 is 23.5 Å². The van der Waals surface area contributed by atoms with Crippen LogP contribution in [-0.2, 0) is 6.42 Å². The Bertz CT molecular complexity index is 968. The molecule has 4 rings (SSSR count). The zero-order valence-corrected chi connectivity index (χ0v) is 17.4. The van der Waals surface area contributed by atoms with Crippen molar-refractivity contribution in [2.45, 2.75) is 57.3 Å². The van der Waals surface area contributed by atoms with Gasteiger partial charge in [0.1, 0.15) is 11.6 Å². The highest BCUT2D eigenvalue weighted by atomic mass is 19.3. The predicted molar refractivity (Wildman–Crippen MR) is 116 cm³/mol. The molecule has 2 nitrogen and oxygen atoms in total. The van der Waals surface area contributed by atoms with Gasteiger partial charge in [-0.3, -0.25) is 4.99 Å². The maximum atomic E-state index is 14.7. The summed E-state index contributed by atoms with van der Waals surface area (Å²) in [4.78, 5) is 8.45. The lowest BCUT2D eigenvalue weighted by molar-refractivity contribution is -0.0785. The molecule has 0 bridgehead atoms. The zero-order chi connectivity index (χ0) is 21.8. The maximum absolute atomic E-state index is 14.7. The topological polar surface area (TPSA) is 24.7 Å². The zero-order valence-electron chi connectivity index (χ0n) is 17.4. The summed E-state index contributed by atoms with van der Waals surface area (Å²) in [5, 5.41) is 0. The third-order valence-electron chi connectivity index (χ3n) is 6.27. The van der Waals surface area contributed by atoms with Crippen LogP contribution in [0.5, 0.6) is 0 Å². The Kier molecular flexibility index (Phi) is 6.54. The summed E-state index contributed by atoms with van der Waals surface area (Å²) in [6.45, 7) is 0.525. The Balaban J connectivity index is 1.45. The fourth-order valence-corrected chi connectivity index (χ4v) is 4.54. The molecule has 1 saturated carbocycles. The van der Waals surface area contributed by atoms with Crippen LogP contribution in [0.3, 0.4) is 0 Å². The smallest absolute Gasteiger partial charge is 0.250 e. The van der Waals surface area contributed by atoms with Crippen molar-refractivity contribution in [1.82, 2.24) is 0 Å². The van der Waals surface area contributed by atoms with Crippen molar-refractivity contribution in [2.24, 2.45) is 15.9 Å². The van der Waals surface area contributed by atoms with Crippen LogP contribution < -0.4 is 0 Å². The van der Waals surface area contributed by atoms with E-state index in [4.69, 9.17) is 0 Å². The molecule has 1 aliphatic carbocycles. The van der Waals surface area contributed by atoms with E-state index in [1.165, 1.54) is 12.1 Å². The summed E-state index contributed by atoms with van der Waals surface area (Å²) >= 11 is 0. The highest BCUT2D eigenvalue weighted by molar-refractivity contribution is 6.06. The molecule has 6 heteroatoms. The van der Waals surface area contributed by atoms with Gasteiger partial charge < -0.3 is 0 Å². The van der Waals surface area contributed by atoms with Gasteiger partial charge in [-0.2, -0.15) is 0 Å². The second-order valence-electron chi connectivity index (χ2n) is 8.42.